The number of hydrogen-bond acceptors (Lipinski definition) is 4. The summed E-state index contributed by atoms with van der Waals surface area (Å²) in [5.41, 5.74) is 2.69. The van der Waals surface area contributed by atoms with Crippen molar-refractivity contribution in [1.82, 2.24) is 0 Å². The van der Waals surface area contributed by atoms with Crippen LogP contribution in [0.3, 0.4) is 0 Å². The van der Waals surface area contributed by atoms with E-state index < -0.39 is 5.92 Å². The van der Waals surface area contributed by atoms with E-state index in [4.69, 9.17) is 23.2 Å². The number of benzene rings is 3. The summed E-state index contributed by atoms with van der Waals surface area (Å²) in [5.74, 6) is -1.46. The molecule has 0 saturated carbocycles. The highest BCUT2D eigenvalue weighted by molar-refractivity contribution is 6.32. The first kappa shape index (κ1) is 19.2. The molecule has 3 aromatic carbocycles. The zero-order chi connectivity index (χ0) is 19.7. The molecule has 0 aromatic heterocycles. The first-order valence-electron chi connectivity index (χ1n) is 8.33. The van der Waals surface area contributed by atoms with Crippen molar-refractivity contribution in [2.75, 3.05) is 0 Å². The number of phenolic OH excluding ortho intramolecular Hbond substituents is 4. The summed E-state index contributed by atoms with van der Waals surface area (Å²) in [6.07, 6.45) is 0.873. The van der Waals surface area contributed by atoms with E-state index in [0.29, 0.717) is 11.1 Å². The fourth-order valence-corrected chi connectivity index (χ4v) is 3.41. The van der Waals surface area contributed by atoms with Crippen LogP contribution in [0, 0.1) is 0 Å². The van der Waals surface area contributed by atoms with Crippen LogP contribution < -0.4 is 0 Å². The highest BCUT2D eigenvalue weighted by Crippen LogP contribution is 2.45. The van der Waals surface area contributed by atoms with Crippen molar-refractivity contribution in [2.45, 2.75) is 19.3 Å². The Morgan fingerprint density at radius 1 is 0.704 bits per heavy atom. The molecule has 0 heterocycles. The maximum Gasteiger partial charge on any atom is 0.137 e. The number of aromatic hydroxyl groups is 4. The Balaban J connectivity index is 2.27. The van der Waals surface area contributed by atoms with Crippen LogP contribution in [0.4, 0.5) is 0 Å². The number of hydrogen-bond donors (Lipinski definition) is 4. The fourth-order valence-electron chi connectivity index (χ4n) is 3.07. The Kier molecular flexibility index (Phi) is 5.40. The Morgan fingerprint density at radius 3 is 1.56 bits per heavy atom. The molecule has 4 nitrogen and oxygen atoms in total. The van der Waals surface area contributed by atoms with Gasteiger partial charge in [-0.2, -0.15) is 0 Å². The smallest absolute Gasteiger partial charge is 0.137 e. The molecule has 140 valence electrons. The van der Waals surface area contributed by atoms with E-state index in [-0.39, 0.29) is 33.0 Å². The van der Waals surface area contributed by atoms with Crippen molar-refractivity contribution >= 4 is 23.2 Å². The zero-order valence-electron chi connectivity index (χ0n) is 14.4. The largest absolute Gasteiger partial charge is 0.507 e. The number of rotatable bonds is 4. The van der Waals surface area contributed by atoms with E-state index in [2.05, 4.69) is 0 Å². The highest BCUT2D eigenvalue weighted by Gasteiger charge is 2.25. The van der Waals surface area contributed by atoms with Crippen molar-refractivity contribution < 1.29 is 20.4 Å². The third-order valence-electron chi connectivity index (χ3n) is 4.54. The summed E-state index contributed by atoms with van der Waals surface area (Å²) < 4.78 is 0. The summed E-state index contributed by atoms with van der Waals surface area (Å²) >= 11 is 12.1. The molecule has 27 heavy (non-hydrogen) atoms. The predicted molar refractivity (Wildman–Crippen MR) is 106 cm³/mol. The highest BCUT2D eigenvalue weighted by atomic mass is 35.5. The SMILES string of the molecule is CCc1ccc(C(c2cc(Cl)c(O)cc2O)c2cc(Cl)c(O)cc2O)cc1. The van der Waals surface area contributed by atoms with Gasteiger partial charge in [0.15, 0.2) is 0 Å². The van der Waals surface area contributed by atoms with Gasteiger partial charge in [0.05, 0.1) is 10.0 Å². The Morgan fingerprint density at radius 2 is 1.15 bits per heavy atom. The van der Waals surface area contributed by atoms with E-state index in [1.165, 1.54) is 12.1 Å². The molecule has 0 amide bonds. The molecule has 0 saturated heterocycles. The van der Waals surface area contributed by atoms with Gasteiger partial charge in [-0.25, -0.2) is 0 Å². The molecule has 0 aliphatic heterocycles. The molecule has 0 radical (unpaired) electrons. The molecule has 3 aromatic rings. The molecule has 3 rings (SSSR count). The van der Waals surface area contributed by atoms with E-state index >= 15 is 0 Å². The number of aryl methyl sites for hydroxylation is 1. The van der Waals surface area contributed by atoms with Crippen LogP contribution in [0.2, 0.25) is 10.0 Å². The van der Waals surface area contributed by atoms with Crippen LogP contribution in [0.25, 0.3) is 0 Å². The maximum atomic E-state index is 10.4. The standard InChI is InChI=1S/C21H18Cl2O4/c1-2-11-3-5-12(6-4-11)21(13-7-15(22)19(26)9-17(13)24)14-8-16(23)20(27)10-18(14)25/h3-10,21,24-27H,2H2,1H3. The summed E-state index contributed by atoms with van der Waals surface area (Å²) in [6, 6.07) is 12.9. The first-order chi connectivity index (χ1) is 12.8. The Labute approximate surface area is 166 Å². The fraction of sp³-hybridized carbons (Fsp3) is 0.143. The summed E-state index contributed by atoms with van der Waals surface area (Å²) in [6.45, 7) is 2.05. The number of halogens is 2. The van der Waals surface area contributed by atoms with Crippen molar-refractivity contribution in [3.8, 4) is 23.0 Å². The van der Waals surface area contributed by atoms with E-state index in [1.54, 1.807) is 0 Å². The second-order valence-corrected chi connectivity index (χ2v) is 7.07. The molecule has 0 bridgehead atoms. The lowest BCUT2D eigenvalue weighted by Gasteiger charge is -2.22. The molecule has 0 aliphatic carbocycles. The minimum absolute atomic E-state index is 0.0716. The molecule has 0 aliphatic rings. The van der Waals surface area contributed by atoms with Crippen molar-refractivity contribution in [2.24, 2.45) is 0 Å². The summed E-state index contributed by atoms with van der Waals surface area (Å²) in [7, 11) is 0. The Bertz CT molecular complexity index is 927. The molecular formula is C21H18Cl2O4. The molecule has 0 spiro atoms. The molecule has 0 fully saturated rings. The Hall–Kier alpha value is -2.56. The lowest BCUT2D eigenvalue weighted by Crippen LogP contribution is -2.05. The average Bonchev–Trinajstić information content (AvgIpc) is 2.64. The summed E-state index contributed by atoms with van der Waals surface area (Å²) in [4.78, 5) is 0. The molecule has 4 N–H and O–H groups in total. The normalized spacial score (nSPS) is 11.1. The van der Waals surface area contributed by atoms with Crippen LogP contribution in [0.15, 0.2) is 48.5 Å². The van der Waals surface area contributed by atoms with Gasteiger partial charge >= 0.3 is 0 Å². The molecular weight excluding hydrogens is 387 g/mol. The third-order valence-corrected chi connectivity index (χ3v) is 5.14. The van der Waals surface area contributed by atoms with Crippen LogP contribution in [-0.2, 0) is 6.42 Å². The van der Waals surface area contributed by atoms with Gasteiger partial charge in [-0.1, -0.05) is 54.4 Å². The van der Waals surface area contributed by atoms with Gasteiger partial charge in [-0.05, 0) is 29.7 Å². The second kappa shape index (κ2) is 7.59. The molecule has 6 heteroatoms. The van der Waals surface area contributed by atoms with E-state index in [1.807, 2.05) is 31.2 Å². The van der Waals surface area contributed by atoms with Gasteiger partial charge in [-0.15, -0.1) is 0 Å². The van der Waals surface area contributed by atoms with Crippen LogP contribution in [-0.4, -0.2) is 20.4 Å². The van der Waals surface area contributed by atoms with Crippen LogP contribution in [0.5, 0.6) is 23.0 Å². The van der Waals surface area contributed by atoms with E-state index in [0.717, 1.165) is 29.7 Å². The predicted octanol–water partition coefficient (Wildman–Crippen LogP) is 5.56. The lowest BCUT2D eigenvalue weighted by molar-refractivity contribution is 0.440. The molecule has 0 unspecified atom stereocenters. The van der Waals surface area contributed by atoms with Crippen LogP contribution >= 0.6 is 23.2 Å². The van der Waals surface area contributed by atoms with Gasteiger partial charge in [0.1, 0.15) is 23.0 Å². The monoisotopic (exact) mass is 404 g/mol. The topological polar surface area (TPSA) is 80.9 Å². The quantitative estimate of drug-likeness (QED) is 0.429. The van der Waals surface area contributed by atoms with Gasteiger partial charge in [0.25, 0.3) is 0 Å². The minimum atomic E-state index is -0.618. The third kappa shape index (κ3) is 3.77. The lowest BCUT2D eigenvalue weighted by atomic mass is 9.83. The van der Waals surface area contributed by atoms with Crippen molar-refractivity contribution in [3.05, 3.63) is 80.8 Å². The summed E-state index contributed by atoms with van der Waals surface area (Å²) in [5, 5.41) is 40.5. The first-order valence-corrected chi connectivity index (χ1v) is 9.09. The maximum absolute atomic E-state index is 10.4. The molecule has 0 atom stereocenters. The minimum Gasteiger partial charge on any atom is -0.507 e. The van der Waals surface area contributed by atoms with E-state index in [9.17, 15) is 20.4 Å². The van der Waals surface area contributed by atoms with Crippen LogP contribution in [0.1, 0.15) is 35.1 Å². The van der Waals surface area contributed by atoms with Gasteiger partial charge < -0.3 is 20.4 Å². The van der Waals surface area contributed by atoms with Crippen molar-refractivity contribution in [1.29, 1.82) is 0 Å². The average molecular weight is 405 g/mol. The number of phenols is 4. The van der Waals surface area contributed by atoms with Gasteiger partial charge in [0, 0.05) is 29.2 Å². The van der Waals surface area contributed by atoms with Gasteiger partial charge in [-0.3, -0.25) is 0 Å². The van der Waals surface area contributed by atoms with Gasteiger partial charge in [0.2, 0.25) is 0 Å². The van der Waals surface area contributed by atoms with Crippen molar-refractivity contribution in [3.63, 3.8) is 0 Å². The second-order valence-electron chi connectivity index (χ2n) is 6.25. The zero-order valence-corrected chi connectivity index (χ0v) is 16.0.